The average molecular weight is 344 g/mol. The third-order valence-electron chi connectivity index (χ3n) is 3.74. The Labute approximate surface area is 149 Å². The molecule has 0 bridgehead atoms. The average Bonchev–Trinajstić information content (AvgIpc) is 3.07. The second-order valence-electron chi connectivity index (χ2n) is 6.84. The number of aromatic nitrogens is 1. The molecule has 0 fully saturated rings. The summed E-state index contributed by atoms with van der Waals surface area (Å²) >= 11 is 0. The minimum absolute atomic E-state index is 0.0154. The first-order chi connectivity index (χ1) is 11.9. The Kier molecular flexibility index (Phi) is 6.58. The number of aliphatic hydroxyl groups is 1. The van der Waals surface area contributed by atoms with Crippen LogP contribution in [0.2, 0.25) is 0 Å². The van der Waals surface area contributed by atoms with Crippen LogP contribution in [-0.4, -0.2) is 22.6 Å². The molecule has 6 heteroatoms. The lowest BCUT2D eigenvalue weighted by molar-refractivity contribution is 0.280. The summed E-state index contributed by atoms with van der Waals surface area (Å²) in [5.74, 6) is 2.18. The van der Waals surface area contributed by atoms with Crippen molar-refractivity contribution in [3.8, 4) is 0 Å². The van der Waals surface area contributed by atoms with Crippen LogP contribution in [0.25, 0.3) is 0 Å². The molecule has 1 heterocycles. The lowest BCUT2D eigenvalue weighted by atomic mass is 9.94. The smallest absolute Gasteiger partial charge is 0.213 e. The van der Waals surface area contributed by atoms with Crippen LogP contribution in [0.5, 0.6) is 0 Å². The van der Waals surface area contributed by atoms with Gasteiger partial charge in [-0.15, -0.1) is 0 Å². The van der Waals surface area contributed by atoms with Gasteiger partial charge in [-0.3, -0.25) is 0 Å². The Morgan fingerprint density at radius 1 is 1.20 bits per heavy atom. The molecule has 0 atom stereocenters. The Morgan fingerprint density at radius 3 is 2.52 bits per heavy atom. The van der Waals surface area contributed by atoms with Crippen molar-refractivity contribution in [1.29, 1.82) is 0 Å². The lowest BCUT2D eigenvalue weighted by Crippen LogP contribution is -2.36. The molecular formula is C19H28N4O2. The summed E-state index contributed by atoms with van der Waals surface area (Å²) in [5.41, 5.74) is 1.84. The molecule has 136 valence electrons. The Balaban J connectivity index is 2.01. The third-order valence-corrected chi connectivity index (χ3v) is 3.74. The van der Waals surface area contributed by atoms with Crippen LogP contribution in [0, 0.1) is 0 Å². The van der Waals surface area contributed by atoms with Crippen molar-refractivity contribution in [1.82, 2.24) is 15.6 Å². The van der Waals surface area contributed by atoms with Gasteiger partial charge in [0.1, 0.15) is 5.76 Å². The Hall–Kier alpha value is -2.34. The van der Waals surface area contributed by atoms with Gasteiger partial charge in [0.05, 0.1) is 25.9 Å². The molecule has 0 unspecified atom stereocenters. The minimum atomic E-state index is -0.0577. The highest BCUT2D eigenvalue weighted by Gasteiger charge is 2.19. The molecule has 2 aromatic rings. The van der Waals surface area contributed by atoms with Gasteiger partial charge in [0.2, 0.25) is 5.89 Å². The zero-order chi connectivity index (χ0) is 18.3. The number of hydrogen-bond donors (Lipinski definition) is 3. The summed E-state index contributed by atoms with van der Waals surface area (Å²) in [4.78, 5) is 8.89. The molecule has 1 aromatic heterocycles. The van der Waals surface area contributed by atoms with Crippen LogP contribution >= 0.6 is 0 Å². The standard InChI is InChI=1S/C19H28N4O2/c1-5-20-18(22-10-14-8-6-7-9-15(14)13-24)23-12-17-21-11-16(25-17)19(2,3)4/h6-9,11,24H,5,10,12-13H2,1-4H3,(H2,20,22,23). The van der Waals surface area contributed by atoms with Gasteiger partial charge in [0.15, 0.2) is 5.96 Å². The number of guanidine groups is 1. The normalized spacial score (nSPS) is 12.3. The van der Waals surface area contributed by atoms with Gasteiger partial charge in [0, 0.05) is 12.0 Å². The largest absolute Gasteiger partial charge is 0.443 e. The van der Waals surface area contributed by atoms with E-state index in [1.165, 1.54) is 0 Å². The van der Waals surface area contributed by atoms with E-state index < -0.39 is 0 Å². The van der Waals surface area contributed by atoms with Crippen molar-refractivity contribution < 1.29 is 9.52 Å². The first-order valence-corrected chi connectivity index (χ1v) is 8.59. The topological polar surface area (TPSA) is 82.7 Å². The molecular weight excluding hydrogens is 316 g/mol. The molecule has 0 saturated carbocycles. The molecule has 2 rings (SSSR count). The van der Waals surface area contributed by atoms with E-state index in [4.69, 9.17) is 4.42 Å². The second-order valence-corrected chi connectivity index (χ2v) is 6.84. The van der Waals surface area contributed by atoms with Crippen molar-refractivity contribution in [2.45, 2.75) is 52.8 Å². The molecule has 0 aliphatic rings. The number of nitrogens with one attached hydrogen (secondary N) is 2. The maximum atomic E-state index is 9.41. The number of rotatable bonds is 6. The lowest BCUT2D eigenvalue weighted by Gasteiger charge is -2.13. The van der Waals surface area contributed by atoms with Crippen molar-refractivity contribution in [2.75, 3.05) is 6.54 Å². The predicted octanol–water partition coefficient (Wildman–Crippen LogP) is 2.72. The second kappa shape index (κ2) is 8.67. The number of nitrogens with zero attached hydrogens (tertiary/aromatic N) is 2. The zero-order valence-electron chi connectivity index (χ0n) is 15.5. The highest BCUT2D eigenvalue weighted by molar-refractivity contribution is 5.79. The predicted molar refractivity (Wildman–Crippen MR) is 99.2 cm³/mol. The SMILES string of the molecule is CCNC(=NCc1ccccc1CO)NCc1ncc(C(C)(C)C)o1. The van der Waals surface area contributed by atoms with Gasteiger partial charge in [-0.25, -0.2) is 9.98 Å². The molecule has 0 spiro atoms. The minimum Gasteiger partial charge on any atom is -0.443 e. The van der Waals surface area contributed by atoms with Crippen LogP contribution < -0.4 is 10.6 Å². The summed E-state index contributed by atoms with van der Waals surface area (Å²) in [6.07, 6.45) is 1.78. The van der Waals surface area contributed by atoms with Crippen LogP contribution in [-0.2, 0) is 25.1 Å². The summed E-state index contributed by atoms with van der Waals surface area (Å²) in [7, 11) is 0. The summed E-state index contributed by atoms with van der Waals surface area (Å²) in [6.45, 7) is 10.0. The van der Waals surface area contributed by atoms with Gasteiger partial charge in [-0.05, 0) is 18.1 Å². The van der Waals surface area contributed by atoms with Gasteiger partial charge in [-0.1, -0.05) is 45.0 Å². The first kappa shape index (κ1) is 19.0. The van der Waals surface area contributed by atoms with E-state index in [2.05, 4.69) is 41.4 Å². The number of aliphatic hydroxyl groups excluding tert-OH is 1. The van der Waals surface area contributed by atoms with Crippen molar-refractivity contribution in [3.05, 3.63) is 53.2 Å². The molecule has 0 radical (unpaired) electrons. The van der Waals surface area contributed by atoms with E-state index in [-0.39, 0.29) is 12.0 Å². The quantitative estimate of drug-likeness (QED) is 0.554. The zero-order valence-corrected chi connectivity index (χ0v) is 15.5. The molecule has 0 saturated heterocycles. The fourth-order valence-electron chi connectivity index (χ4n) is 2.27. The maximum Gasteiger partial charge on any atom is 0.213 e. The van der Waals surface area contributed by atoms with Crippen LogP contribution in [0.4, 0.5) is 0 Å². The number of aliphatic imine (C=N–C) groups is 1. The van der Waals surface area contributed by atoms with E-state index in [0.717, 1.165) is 23.4 Å². The molecule has 3 N–H and O–H groups in total. The van der Waals surface area contributed by atoms with Gasteiger partial charge < -0.3 is 20.2 Å². The van der Waals surface area contributed by atoms with Crippen molar-refractivity contribution in [2.24, 2.45) is 4.99 Å². The van der Waals surface area contributed by atoms with Gasteiger partial charge in [-0.2, -0.15) is 0 Å². The molecule has 0 aliphatic carbocycles. The molecule has 6 nitrogen and oxygen atoms in total. The summed E-state index contributed by atoms with van der Waals surface area (Å²) in [5, 5.41) is 15.8. The van der Waals surface area contributed by atoms with E-state index in [9.17, 15) is 5.11 Å². The Morgan fingerprint density at radius 2 is 1.92 bits per heavy atom. The Bertz CT molecular complexity index is 701. The van der Waals surface area contributed by atoms with Gasteiger partial charge in [0.25, 0.3) is 0 Å². The molecule has 1 aromatic carbocycles. The van der Waals surface area contributed by atoms with E-state index in [1.54, 1.807) is 6.20 Å². The van der Waals surface area contributed by atoms with Crippen LogP contribution in [0.15, 0.2) is 39.9 Å². The highest BCUT2D eigenvalue weighted by atomic mass is 16.4. The molecule has 0 aliphatic heterocycles. The van der Waals surface area contributed by atoms with E-state index in [1.807, 2.05) is 31.2 Å². The maximum absolute atomic E-state index is 9.41. The fraction of sp³-hybridized carbons (Fsp3) is 0.474. The summed E-state index contributed by atoms with van der Waals surface area (Å²) < 4.78 is 5.79. The molecule has 0 amide bonds. The van der Waals surface area contributed by atoms with Gasteiger partial charge >= 0.3 is 0 Å². The number of hydrogen-bond acceptors (Lipinski definition) is 4. The highest BCUT2D eigenvalue weighted by Crippen LogP contribution is 2.22. The van der Waals surface area contributed by atoms with E-state index in [0.29, 0.717) is 24.9 Å². The monoisotopic (exact) mass is 344 g/mol. The first-order valence-electron chi connectivity index (χ1n) is 8.59. The number of oxazole rings is 1. The van der Waals surface area contributed by atoms with E-state index >= 15 is 0 Å². The summed E-state index contributed by atoms with van der Waals surface area (Å²) in [6, 6.07) is 7.75. The number of benzene rings is 1. The van der Waals surface area contributed by atoms with Crippen LogP contribution in [0.3, 0.4) is 0 Å². The third kappa shape index (κ3) is 5.60. The van der Waals surface area contributed by atoms with Crippen LogP contribution in [0.1, 0.15) is 50.5 Å². The van der Waals surface area contributed by atoms with Crippen molar-refractivity contribution in [3.63, 3.8) is 0 Å². The molecule has 25 heavy (non-hydrogen) atoms. The fourth-order valence-corrected chi connectivity index (χ4v) is 2.27. The van der Waals surface area contributed by atoms with Crippen molar-refractivity contribution >= 4 is 5.96 Å².